The highest BCUT2D eigenvalue weighted by Crippen LogP contribution is 2.24. The molecule has 0 spiro atoms. The number of aryl methyl sites for hydroxylation is 2. The first-order valence-corrected chi connectivity index (χ1v) is 7.80. The summed E-state index contributed by atoms with van der Waals surface area (Å²) in [5.74, 6) is 1.67. The third-order valence-corrected chi connectivity index (χ3v) is 4.11. The quantitative estimate of drug-likeness (QED) is 0.858. The molecule has 1 heterocycles. The minimum Gasteiger partial charge on any atom is -0.328 e. The Morgan fingerprint density at radius 2 is 1.95 bits per heavy atom. The molecule has 2 aromatic rings. The van der Waals surface area contributed by atoms with Crippen LogP contribution in [0, 0.1) is 13.8 Å². The zero-order valence-electron chi connectivity index (χ0n) is 12.3. The summed E-state index contributed by atoms with van der Waals surface area (Å²) < 4.78 is 0. The van der Waals surface area contributed by atoms with Gasteiger partial charge in [-0.15, -0.1) is 11.8 Å². The van der Waals surface area contributed by atoms with E-state index in [-0.39, 0.29) is 6.04 Å². The molecule has 1 atom stereocenters. The van der Waals surface area contributed by atoms with Crippen LogP contribution in [0.15, 0.2) is 35.2 Å². The van der Waals surface area contributed by atoms with Crippen LogP contribution in [-0.4, -0.2) is 16.0 Å². The first-order chi connectivity index (χ1) is 9.54. The van der Waals surface area contributed by atoms with E-state index in [4.69, 9.17) is 5.73 Å². The van der Waals surface area contributed by atoms with E-state index in [1.54, 1.807) is 11.8 Å². The van der Waals surface area contributed by atoms with Crippen LogP contribution in [-0.2, 0) is 12.2 Å². The minimum absolute atomic E-state index is 0.126. The lowest BCUT2D eigenvalue weighted by atomic mass is 10.2. The highest BCUT2D eigenvalue weighted by molar-refractivity contribution is 7.98. The normalized spacial score (nSPS) is 12.4. The summed E-state index contributed by atoms with van der Waals surface area (Å²) in [5.41, 5.74) is 9.18. The minimum atomic E-state index is 0.126. The van der Waals surface area contributed by atoms with Crippen molar-refractivity contribution in [2.75, 3.05) is 0 Å². The van der Waals surface area contributed by atoms with Gasteiger partial charge in [0.05, 0.1) is 5.75 Å². The zero-order valence-corrected chi connectivity index (χ0v) is 13.1. The second kappa shape index (κ2) is 6.86. The Morgan fingerprint density at radius 1 is 1.20 bits per heavy atom. The predicted octanol–water partition coefficient (Wildman–Crippen LogP) is 3.28. The highest BCUT2D eigenvalue weighted by Gasteiger charge is 2.06. The molecule has 1 aromatic heterocycles. The van der Waals surface area contributed by atoms with Crippen LogP contribution in [0.2, 0.25) is 0 Å². The molecule has 0 bridgehead atoms. The Balaban J connectivity index is 2.09. The van der Waals surface area contributed by atoms with E-state index in [0.717, 1.165) is 29.4 Å². The van der Waals surface area contributed by atoms with Crippen molar-refractivity contribution in [2.24, 2.45) is 5.73 Å². The Hall–Kier alpha value is -1.39. The van der Waals surface area contributed by atoms with Gasteiger partial charge in [-0.1, -0.05) is 18.2 Å². The largest absolute Gasteiger partial charge is 0.328 e. The van der Waals surface area contributed by atoms with Gasteiger partial charge >= 0.3 is 0 Å². The summed E-state index contributed by atoms with van der Waals surface area (Å²) in [6, 6.07) is 10.5. The third-order valence-electron chi connectivity index (χ3n) is 2.94. The Morgan fingerprint density at radius 3 is 2.65 bits per heavy atom. The molecule has 1 unspecified atom stereocenters. The fourth-order valence-electron chi connectivity index (χ4n) is 2.06. The molecule has 106 valence electrons. The standard InChI is InChI=1S/C16H21N3S/c1-11-6-4-5-7-15(11)20-10-16-18-13(3)9-14(19-16)8-12(2)17/h4-7,9,12H,8,10,17H2,1-3H3. The molecule has 0 saturated heterocycles. The van der Waals surface area contributed by atoms with Crippen molar-refractivity contribution < 1.29 is 0 Å². The summed E-state index contributed by atoms with van der Waals surface area (Å²) in [7, 11) is 0. The van der Waals surface area contributed by atoms with E-state index in [1.165, 1.54) is 10.5 Å². The molecule has 2 N–H and O–H groups in total. The lowest BCUT2D eigenvalue weighted by Crippen LogP contribution is -2.19. The second-order valence-electron chi connectivity index (χ2n) is 5.15. The van der Waals surface area contributed by atoms with Crippen molar-refractivity contribution >= 4 is 11.8 Å². The lowest BCUT2D eigenvalue weighted by molar-refractivity contribution is 0.713. The van der Waals surface area contributed by atoms with Gasteiger partial charge in [0.15, 0.2) is 0 Å². The predicted molar refractivity (Wildman–Crippen MR) is 84.9 cm³/mol. The summed E-state index contributed by atoms with van der Waals surface area (Å²) >= 11 is 1.78. The highest BCUT2D eigenvalue weighted by atomic mass is 32.2. The maximum Gasteiger partial charge on any atom is 0.139 e. The van der Waals surface area contributed by atoms with Gasteiger partial charge in [0.2, 0.25) is 0 Å². The van der Waals surface area contributed by atoms with Gasteiger partial charge in [-0.05, 0) is 38.5 Å². The van der Waals surface area contributed by atoms with E-state index >= 15 is 0 Å². The molecule has 0 fully saturated rings. The number of rotatable bonds is 5. The Kier molecular flexibility index (Phi) is 5.15. The van der Waals surface area contributed by atoms with Gasteiger partial charge in [-0.25, -0.2) is 9.97 Å². The SMILES string of the molecule is Cc1cc(CC(C)N)nc(CSc2ccccc2C)n1. The van der Waals surface area contributed by atoms with Crippen LogP contribution in [0.1, 0.15) is 29.7 Å². The Bertz CT molecular complexity index is 582. The average Bonchev–Trinajstić information content (AvgIpc) is 2.36. The van der Waals surface area contributed by atoms with Gasteiger partial charge in [0.25, 0.3) is 0 Å². The fraction of sp³-hybridized carbons (Fsp3) is 0.375. The Labute approximate surface area is 125 Å². The molecule has 0 radical (unpaired) electrons. The molecule has 3 nitrogen and oxygen atoms in total. The monoisotopic (exact) mass is 287 g/mol. The fourth-order valence-corrected chi connectivity index (χ4v) is 2.94. The maximum absolute atomic E-state index is 5.84. The van der Waals surface area contributed by atoms with Crippen molar-refractivity contribution in [3.05, 3.63) is 53.1 Å². The second-order valence-corrected chi connectivity index (χ2v) is 6.17. The van der Waals surface area contributed by atoms with E-state index in [0.29, 0.717) is 0 Å². The van der Waals surface area contributed by atoms with E-state index < -0.39 is 0 Å². The number of nitrogens with two attached hydrogens (primary N) is 1. The molecule has 2 rings (SSSR count). The lowest BCUT2D eigenvalue weighted by Gasteiger charge is -2.09. The molecule has 0 amide bonds. The molecule has 20 heavy (non-hydrogen) atoms. The summed E-state index contributed by atoms with van der Waals surface area (Å²) in [5, 5.41) is 0. The van der Waals surface area contributed by atoms with Gasteiger partial charge < -0.3 is 5.73 Å². The van der Waals surface area contributed by atoms with Crippen LogP contribution >= 0.6 is 11.8 Å². The topological polar surface area (TPSA) is 51.8 Å². The van der Waals surface area contributed by atoms with Gasteiger partial charge in [0, 0.05) is 28.7 Å². The van der Waals surface area contributed by atoms with Crippen LogP contribution in [0.5, 0.6) is 0 Å². The summed E-state index contributed by atoms with van der Waals surface area (Å²) in [4.78, 5) is 10.4. The number of hydrogen-bond acceptors (Lipinski definition) is 4. The van der Waals surface area contributed by atoms with Gasteiger partial charge in [0.1, 0.15) is 5.82 Å². The van der Waals surface area contributed by atoms with Crippen LogP contribution < -0.4 is 5.73 Å². The number of aromatic nitrogens is 2. The molecule has 0 aliphatic rings. The summed E-state index contributed by atoms with van der Waals surface area (Å²) in [6.45, 7) is 6.13. The van der Waals surface area contributed by atoms with Crippen LogP contribution in [0.4, 0.5) is 0 Å². The molecule has 0 saturated carbocycles. The van der Waals surface area contributed by atoms with Crippen LogP contribution in [0.25, 0.3) is 0 Å². The van der Waals surface area contributed by atoms with Crippen molar-refractivity contribution in [3.8, 4) is 0 Å². The van der Waals surface area contributed by atoms with Crippen LogP contribution in [0.3, 0.4) is 0 Å². The zero-order chi connectivity index (χ0) is 14.5. The van der Waals surface area contributed by atoms with Crippen molar-refractivity contribution in [2.45, 2.75) is 43.9 Å². The van der Waals surface area contributed by atoms with E-state index in [9.17, 15) is 0 Å². The van der Waals surface area contributed by atoms with Gasteiger partial charge in [-0.3, -0.25) is 0 Å². The molecule has 0 aliphatic heterocycles. The van der Waals surface area contributed by atoms with Crippen molar-refractivity contribution in [3.63, 3.8) is 0 Å². The van der Waals surface area contributed by atoms with Crippen molar-refractivity contribution in [1.29, 1.82) is 0 Å². The third kappa shape index (κ3) is 4.32. The average molecular weight is 287 g/mol. The smallest absolute Gasteiger partial charge is 0.139 e. The molecule has 1 aromatic carbocycles. The first-order valence-electron chi connectivity index (χ1n) is 6.82. The molecular formula is C16H21N3S. The summed E-state index contributed by atoms with van der Waals surface area (Å²) in [6.07, 6.45) is 0.797. The number of hydrogen-bond donors (Lipinski definition) is 1. The number of benzene rings is 1. The number of thioether (sulfide) groups is 1. The van der Waals surface area contributed by atoms with Crippen molar-refractivity contribution in [1.82, 2.24) is 9.97 Å². The molecular weight excluding hydrogens is 266 g/mol. The number of nitrogens with zero attached hydrogens (tertiary/aromatic N) is 2. The molecule has 0 aliphatic carbocycles. The maximum atomic E-state index is 5.84. The van der Waals surface area contributed by atoms with E-state index in [1.807, 2.05) is 19.9 Å². The first kappa shape index (κ1) is 15.0. The molecule has 4 heteroatoms. The van der Waals surface area contributed by atoms with Gasteiger partial charge in [-0.2, -0.15) is 0 Å². The van der Waals surface area contributed by atoms with E-state index in [2.05, 4.69) is 41.2 Å².